The van der Waals surface area contributed by atoms with Crippen LogP contribution in [0.2, 0.25) is 0 Å². The van der Waals surface area contributed by atoms with Crippen molar-refractivity contribution in [2.24, 2.45) is 5.73 Å². The Morgan fingerprint density at radius 2 is 2.53 bits per heavy atom. The van der Waals surface area contributed by atoms with E-state index in [4.69, 9.17) is 15.0 Å². The maximum atomic E-state index is 5.97. The van der Waals surface area contributed by atoms with Gasteiger partial charge in [0.15, 0.2) is 0 Å². The normalized spacial score (nSPS) is 22.6. The fraction of sp³-hybridized carbons (Fsp3) is 0.800. The number of ether oxygens (including phenoxy) is 1. The summed E-state index contributed by atoms with van der Waals surface area (Å²) in [5.74, 6) is 4.07. The van der Waals surface area contributed by atoms with Crippen LogP contribution in [-0.4, -0.2) is 40.3 Å². The van der Waals surface area contributed by atoms with Gasteiger partial charge < -0.3 is 15.0 Å². The van der Waals surface area contributed by atoms with Crippen molar-refractivity contribution in [3.05, 3.63) is 11.7 Å². The van der Waals surface area contributed by atoms with E-state index in [-0.39, 0.29) is 12.1 Å². The minimum atomic E-state index is -0.167. The van der Waals surface area contributed by atoms with E-state index in [2.05, 4.69) is 16.4 Å². The second-order valence-corrected chi connectivity index (χ2v) is 5.95. The Bertz CT molecular complexity index is 342. The Morgan fingerprint density at radius 3 is 3.24 bits per heavy atom. The van der Waals surface area contributed by atoms with Crippen molar-refractivity contribution < 1.29 is 9.26 Å². The molecule has 7 heteroatoms. The van der Waals surface area contributed by atoms with Crippen LogP contribution >= 0.6 is 23.5 Å². The summed E-state index contributed by atoms with van der Waals surface area (Å²) in [6.45, 7) is 0.748. The SMILES string of the molecule is CSCCC(N)c1nc(C2CSCCO2)no1. The number of rotatable bonds is 5. The molecule has 2 heterocycles. The highest BCUT2D eigenvalue weighted by Gasteiger charge is 2.23. The number of nitrogens with two attached hydrogens (primary N) is 1. The Kier molecular flexibility index (Phi) is 5.15. The summed E-state index contributed by atoms with van der Waals surface area (Å²) >= 11 is 3.61. The summed E-state index contributed by atoms with van der Waals surface area (Å²) in [5, 5.41) is 3.96. The molecule has 2 atom stereocenters. The molecular formula is C10H17N3O2S2. The molecule has 5 nitrogen and oxygen atoms in total. The van der Waals surface area contributed by atoms with Gasteiger partial charge in [0, 0.05) is 11.5 Å². The van der Waals surface area contributed by atoms with Crippen LogP contribution in [0, 0.1) is 0 Å². The van der Waals surface area contributed by atoms with Gasteiger partial charge in [0.05, 0.1) is 12.6 Å². The predicted molar refractivity (Wildman–Crippen MR) is 70.2 cm³/mol. The summed E-state index contributed by atoms with van der Waals surface area (Å²) in [7, 11) is 0. The van der Waals surface area contributed by atoms with Crippen LogP contribution in [0.5, 0.6) is 0 Å². The summed E-state index contributed by atoms with van der Waals surface area (Å²) in [6.07, 6.45) is 2.86. The lowest BCUT2D eigenvalue weighted by Crippen LogP contribution is -2.17. The summed E-state index contributed by atoms with van der Waals surface area (Å²) in [4.78, 5) is 4.34. The Hall–Kier alpha value is -0.240. The zero-order valence-electron chi connectivity index (χ0n) is 9.80. The zero-order valence-corrected chi connectivity index (χ0v) is 11.4. The van der Waals surface area contributed by atoms with Crippen LogP contribution in [0.15, 0.2) is 4.52 Å². The van der Waals surface area contributed by atoms with Crippen LogP contribution in [0.1, 0.15) is 30.3 Å². The molecule has 0 amide bonds. The Balaban J connectivity index is 1.94. The molecule has 0 bridgehead atoms. The van der Waals surface area contributed by atoms with Crippen LogP contribution in [-0.2, 0) is 4.74 Å². The van der Waals surface area contributed by atoms with Crippen molar-refractivity contribution in [1.82, 2.24) is 10.1 Å². The lowest BCUT2D eigenvalue weighted by Gasteiger charge is -2.18. The van der Waals surface area contributed by atoms with Gasteiger partial charge in [-0.2, -0.15) is 28.5 Å². The molecule has 0 radical (unpaired) electrons. The number of hydrogen-bond acceptors (Lipinski definition) is 7. The molecule has 1 aliphatic heterocycles. The molecule has 96 valence electrons. The largest absolute Gasteiger partial charge is 0.368 e. The first-order chi connectivity index (χ1) is 8.31. The number of aromatic nitrogens is 2. The van der Waals surface area contributed by atoms with E-state index in [9.17, 15) is 0 Å². The first-order valence-corrected chi connectivity index (χ1v) is 8.13. The third-order valence-corrected chi connectivity index (χ3v) is 4.15. The third kappa shape index (κ3) is 3.61. The molecule has 17 heavy (non-hydrogen) atoms. The molecule has 0 aromatic carbocycles. The lowest BCUT2D eigenvalue weighted by molar-refractivity contribution is 0.0677. The fourth-order valence-corrected chi connectivity index (χ4v) is 2.86. The van der Waals surface area contributed by atoms with Gasteiger partial charge in [-0.15, -0.1) is 0 Å². The van der Waals surface area contributed by atoms with Gasteiger partial charge >= 0.3 is 0 Å². The summed E-state index contributed by atoms with van der Waals surface area (Å²) in [6, 6.07) is -0.167. The smallest absolute Gasteiger partial charge is 0.243 e. The van der Waals surface area contributed by atoms with E-state index < -0.39 is 0 Å². The van der Waals surface area contributed by atoms with E-state index in [1.807, 2.05) is 11.8 Å². The highest BCUT2D eigenvalue weighted by atomic mass is 32.2. The van der Waals surface area contributed by atoms with E-state index in [0.717, 1.165) is 30.3 Å². The number of nitrogens with zero attached hydrogens (tertiary/aromatic N) is 2. The highest BCUT2D eigenvalue weighted by molar-refractivity contribution is 7.99. The molecular weight excluding hydrogens is 258 g/mol. The number of thioether (sulfide) groups is 2. The number of hydrogen-bond donors (Lipinski definition) is 1. The van der Waals surface area contributed by atoms with Gasteiger partial charge in [-0.25, -0.2) is 0 Å². The van der Waals surface area contributed by atoms with Crippen molar-refractivity contribution in [1.29, 1.82) is 0 Å². The maximum Gasteiger partial charge on any atom is 0.243 e. The minimum absolute atomic E-state index is 0.0426. The summed E-state index contributed by atoms with van der Waals surface area (Å²) in [5.41, 5.74) is 5.97. The molecule has 2 N–H and O–H groups in total. The van der Waals surface area contributed by atoms with Crippen molar-refractivity contribution in [2.45, 2.75) is 18.6 Å². The van der Waals surface area contributed by atoms with Gasteiger partial charge in [0.1, 0.15) is 6.10 Å². The van der Waals surface area contributed by atoms with Crippen LogP contribution < -0.4 is 5.73 Å². The molecule has 2 unspecified atom stereocenters. The second-order valence-electron chi connectivity index (χ2n) is 3.81. The average Bonchev–Trinajstić information content (AvgIpc) is 2.86. The van der Waals surface area contributed by atoms with Crippen LogP contribution in [0.4, 0.5) is 0 Å². The van der Waals surface area contributed by atoms with E-state index in [0.29, 0.717) is 11.7 Å². The van der Waals surface area contributed by atoms with Gasteiger partial charge in [0.25, 0.3) is 0 Å². The monoisotopic (exact) mass is 275 g/mol. The zero-order chi connectivity index (χ0) is 12.1. The minimum Gasteiger partial charge on any atom is -0.368 e. The molecule has 1 aromatic heterocycles. The van der Waals surface area contributed by atoms with Gasteiger partial charge in [-0.3, -0.25) is 0 Å². The fourth-order valence-electron chi connectivity index (χ4n) is 1.53. The van der Waals surface area contributed by atoms with Gasteiger partial charge in [-0.05, 0) is 18.4 Å². The molecule has 1 fully saturated rings. The summed E-state index contributed by atoms with van der Waals surface area (Å²) < 4.78 is 10.8. The third-order valence-electron chi connectivity index (χ3n) is 2.51. The van der Waals surface area contributed by atoms with E-state index in [1.165, 1.54) is 0 Å². The lowest BCUT2D eigenvalue weighted by atomic mass is 10.2. The quantitative estimate of drug-likeness (QED) is 0.875. The standard InChI is InChI=1S/C10H17N3O2S2/c1-16-4-2-7(11)10-12-9(13-15-10)8-6-17-5-3-14-8/h7-8H,2-6,11H2,1H3. The maximum absolute atomic E-state index is 5.97. The van der Waals surface area contributed by atoms with Crippen molar-refractivity contribution >= 4 is 23.5 Å². The topological polar surface area (TPSA) is 74.2 Å². The first-order valence-electron chi connectivity index (χ1n) is 5.58. The molecule has 1 aliphatic rings. The van der Waals surface area contributed by atoms with Crippen LogP contribution in [0.3, 0.4) is 0 Å². The van der Waals surface area contributed by atoms with Crippen LogP contribution in [0.25, 0.3) is 0 Å². The van der Waals surface area contributed by atoms with Crippen molar-refractivity contribution in [3.8, 4) is 0 Å². The molecule has 1 saturated heterocycles. The second kappa shape index (κ2) is 6.63. The Labute approximate surface area is 109 Å². The van der Waals surface area contributed by atoms with Gasteiger partial charge in [0.2, 0.25) is 11.7 Å². The predicted octanol–water partition coefficient (Wildman–Crippen LogP) is 1.63. The molecule has 0 saturated carbocycles. The van der Waals surface area contributed by atoms with E-state index >= 15 is 0 Å². The van der Waals surface area contributed by atoms with Gasteiger partial charge in [-0.1, -0.05) is 5.16 Å². The van der Waals surface area contributed by atoms with Crippen molar-refractivity contribution in [2.75, 3.05) is 30.1 Å². The Morgan fingerprint density at radius 1 is 1.65 bits per heavy atom. The molecule has 0 aliphatic carbocycles. The molecule has 1 aromatic rings. The van der Waals surface area contributed by atoms with Crippen molar-refractivity contribution in [3.63, 3.8) is 0 Å². The average molecular weight is 275 g/mol. The molecule has 0 spiro atoms. The first kappa shape index (κ1) is 13.2. The van der Waals surface area contributed by atoms with E-state index in [1.54, 1.807) is 11.8 Å². The molecule has 2 rings (SSSR count). The highest BCUT2D eigenvalue weighted by Crippen LogP contribution is 2.25.